The number of hydrogen-bond donors (Lipinski definition) is 0. The van der Waals surface area contributed by atoms with Gasteiger partial charge in [-0.1, -0.05) is 41.4 Å². The lowest BCUT2D eigenvalue weighted by Crippen LogP contribution is -2.22. The molecule has 0 bridgehead atoms. The minimum absolute atomic E-state index is 0.982. The molecule has 0 aliphatic carbocycles. The summed E-state index contributed by atoms with van der Waals surface area (Å²) in [6, 6.07) is 12.9. The van der Waals surface area contributed by atoms with Gasteiger partial charge in [0.1, 0.15) is 7.05 Å². The SMILES string of the molecule is [B][B]c1c(/C=C/C2=[N+](C)c3ccccc3C2)ccc(C)c1C. The molecule has 2 aromatic carbocycles. The maximum atomic E-state index is 5.82. The monoisotopic (exact) mass is 283 g/mol. The summed E-state index contributed by atoms with van der Waals surface area (Å²) in [5.74, 6) is 0. The van der Waals surface area contributed by atoms with E-state index in [0.717, 1.165) is 11.9 Å². The zero-order valence-electron chi connectivity index (χ0n) is 13.4. The first-order valence-corrected chi connectivity index (χ1v) is 7.62. The van der Waals surface area contributed by atoms with Crippen molar-refractivity contribution in [2.24, 2.45) is 0 Å². The van der Waals surface area contributed by atoms with Crippen LogP contribution in [0.15, 0.2) is 42.5 Å². The van der Waals surface area contributed by atoms with E-state index < -0.39 is 0 Å². The van der Waals surface area contributed by atoms with Gasteiger partial charge in [-0.25, -0.2) is 0 Å². The summed E-state index contributed by atoms with van der Waals surface area (Å²) in [4.78, 5) is 0. The summed E-state index contributed by atoms with van der Waals surface area (Å²) in [5.41, 5.74) is 8.80. The van der Waals surface area contributed by atoms with E-state index in [1.165, 1.54) is 33.7 Å². The molecule has 105 valence electrons. The average molecular weight is 283 g/mol. The molecule has 1 aliphatic heterocycles. The van der Waals surface area contributed by atoms with Crippen LogP contribution in [0.5, 0.6) is 0 Å². The van der Waals surface area contributed by atoms with Crippen LogP contribution in [0.4, 0.5) is 5.69 Å². The van der Waals surface area contributed by atoms with Crippen LogP contribution in [0.1, 0.15) is 22.3 Å². The molecule has 3 rings (SSSR count). The van der Waals surface area contributed by atoms with E-state index in [2.05, 4.69) is 74.0 Å². The number of para-hydroxylation sites is 1. The number of benzene rings is 2. The van der Waals surface area contributed by atoms with Gasteiger partial charge < -0.3 is 0 Å². The number of fused-ring (bicyclic) bond motifs is 1. The number of rotatable bonds is 3. The van der Waals surface area contributed by atoms with E-state index in [0.29, 0.717) is 0 Å². The van der Waals surface area contributed by atoms with E-state index in [1.807, 2.05) is 0 Å². The van der Waals surface area contributed by atoms with Crippen LogP contribution < -0.4 is 5.46 Å². The lowest BCUT2D eigenvalue weighted by atomic mass is 9.49. The van der Waals surface area contributed by atoms with E-state index in [1.54, 1.807) is 7.17 Å². The minimum Gasteiger partial charge on any atom is -0.198 e. The van der Waals surface area contributed by atoms with E-state index >= 15 is 0 Å². The van der Waals surface area contributed by atoms with Crippen molar-refractivity contribution in [2.45, 2.75) is 20.3 Å². The molecule has 0 saturated carbocycles. The highest BCUT2D eigenvalue weighted by molar-refractivity contribution is 6.98. The largest absolute Gasteiger partial charge is 0.208 e. The molecule has 0 aromatic heterocycles. The molecule has 22 heavy (non-hydrogen) atoms. The second-order valence-corrected chi connectivity index (χ2v) is 5.87. The molecular formula is C19H19B2N+. The Hall–Kier alpha value is -2.02. The zero-order chi connectivity index (χ0) is 15.7. The highest BCUT2D eigenvalue weighted by Gasteiger charge is 2.24. The summed E-state index contributed by atoms with van der Waals surface area (Å²) < 4.78 is 2.26. The minimum atomic E-state index is 0.982. The fourth-order valence-electron chi connectivity index (χ4n) is 3.04. The summed E-state index contributed by atoms with van der Waals surface area (Å²) in [5, 5.41) is 0. The second kappa shape index (κ2) is 6.00. The van der Waals surface area contributed by atoms with Crippen LogP contribution in [0.2, 0.25) is 0 Å². The van der Waals surface area contributed by atoms with Gasteiger partial charge in [0.15, 0.2) is 5.71 Å². The first-order chi connectivity index (χ1) is 10.6. The number of nitrogens with zero attached hydrogens (tertiary/aromatic N) is 1. The molecule has 0 amide bonds. The Labute approximate surface area is 135 Å². The van der Waals surface area contributed by atoms with Crippen molar-refractivity contribution < 1.29 is 4.58 Å². The predicted molar refractivity (Wildman–Crippen MR) is 97.1 cm³/mol. The van der Waals surface area contributed by atoms with Gasteiger partial charge in [-0.3, -0.25) is 0 Å². The summed E-state index contributed by atoms with van der Waals surface area (Å²) in [6.07, 6.45) is 5.36. The van der Waals surface area contributed by atoms with E-state index in [4.69, 9.17) is 7.74 Å². The smallest absolute Gasteiger partial charge is 0.198 e. The van der Waals surface area contributed by atoms with Gasteiger partial charge in [0.05, 0.1) is 13.6 Å². The van der Waals surface area contributed by atoms with Gasteiger partial charge in [-0.05, 0) is 31.1 Å². The lowest BCUT2D eigenvalue weighted by molar-refractivity contribution is -0.400. The molecule has 1 nitrogen and oxygen atoms in total. The molecule has 3 heteroatoms. The Kier molecular flexibility index (Phi) is 4.06. The van der Waals surface area contributed by atoms with Crippen molar-refractivity contribution in [3.05, 3.63) is 64.7 Å². The van der Waals surface area contributed by atoms with Crippen LogP contribution in [0.3, 0.4) is 0 Å². The first kappa shape index (κ1) is 14.9. The molecule has 0 atom stereocenters. The third kappa shape index (κ3) is 2.56. The fraction of sp³-hybridized carbons (Fsp3) is 0.211. The molecule has 1 aliphatic rings. The molecule has 0 spiro atoms. The van der Waals surface area contributed by atoms with Gasteiger partial charge in [0.25, 0.3) is 0 Å². The molecule has 0 saturated heterocycles. The molecular weight excluding hydrogens is 264 g/mol. The number of hydrogen-bond acceptors (Lipinski definition) is 0. The van der Waals surface area contributed by atoms with Crippen molar-refractivity contribution in [1.82, 2.24) is 0 Å². The molecule has 0 fully saturated rings. The molecule has 2 aromatic rings. The highest BCUT2D eigenvalue weighted by atomic mass is 15.0. The third-order valence-electron chi connectivity index (χ3n) is 4.60. The number of allylic oxidation sites excluding steroid dienone is 1. The van der Waals surface area contributed by atoms with E-state index in [-0.39, 0.29) is 0 Å². The topological polar surface area (TPSA) is 3.01 Å². The Morgan fingerprint density at radius 3 is 2.59 bits per heavy atom. The molecule has 0 N–H and O–H groups in total. The summed E-state index contributed by atoms with van der Waals surface area (Å²) in [6.45, 7) is 4.24. The van der Waals surface area contributed by atoms with Crippen LogP contribution in [-0.4, -0.2) is 32.2 Å². The summed E-state index contributed by atoms with van der Waals surface area (Å²) in [7, 11) is 9.66. The van der Waals surface area contributed by atoms with Crippen LogP contribution >= 0.6 is 0 Å². The second-order valence-electron chi connectivity index (χ2n) is 5.87. The van der Waals surface area contributed by atoms with Gasteiger partial charge >= 0.3 is 0 Å². The maximum Gasteiger partial charge on any atom is 0.208 e. The highest BCUT2D eigenvalue weighted by Crippen LogP contribution is 2.25. The van der Waals surface area contributed by atoms with Crippen LogP contribution in [-0.2, 0) is 6.42 Å². The fourth-order valence-corrected chi connectivity index (χ4v) is 3.04. The standard InChI is InChI=1S/C19H19B2N/c1-13-8-9-15(19(21-20)14(13)2)10-11-17-12-16-6-4-5-7-18(16)22(17)3/h4-11H,12H2,1-3H3/q+1/b11-10+. The zero-order valence-corrected chi connectivity index (χ0v) is 13.4. The normalized spacial score (nSPS) is 13.8. The number of aryl methyl sites for hydroxylation is 1. The predicted octanol–water partition coefficient (Wildman–Crippen LogP) is 2.70. The molecule has 3 radical (unpaired) electrons. The van der Waals surface area contributed by atoms with Gasteiger partial charge in [-0.15, -0.1) is 0 Å². The summed E-state index contributed by atoms with van der Waals surface area (Å²) >= 11 is 0. The lowest BCUT2D eigenvalue weighted by Gasteiger charge is -2.10. The third-order valence-corrected chi connectivity index (χ3v) is 4.60. The van der Waals surface area contributed by atoms with Crippen LogP contribution in [0.25, 0.3) is 6.08 Å². The van der Waals surface area contributed by atoms with Crippen LogP contribution in [0, 0.1) is 13.8 Å². The van der Waals surface area contributed by atoms with Crippen molar-refractivity contribution in [2.75, 3.05) is 7.05 Å². The Balaban J connectivity index is 1.94. The first-order valence-electron chi connectivity index (χ1n) is 7.62. The van der Waals surface area contributed by atoms with E-state index in [9.17, 15) is 0 Å². The van der Waals surface area contributed by atoms with Crippen molar-refractivity contribution in [1.29, 1.82) is 0 Å². The van der Waals surface area contributed by atoms with Gasteiger partial charge in [0, 0.05) is 25.4 Å². The van der Waals surface area contributed by atoms with Crippen molar-refractivity contribution >= 4 is 37.8 Å². The Morgan fingerprint density at radius 1 is 1.09 bits per heavy atom. The Morgan fingerprint density at radius 2 is 1.86 bits per heavy atom. The average Bonchev–Trinajstić information content (AvgIpc) is 2.85. The maximum absolute atomic E-state index is 5.82. The molecule has 1 heterocycles. The van der Waals surface area contributed by atoms with Crippen molar-refractivity contribution in [3.8, 4) is 0 Å². The Bertz CT molecular complexity index is 788. The quantitative estimate of drug-likeness (QED) is 0.602. The van der Waals surface area contributed by atoms with Crippen molar-refractivity contribution in [3.63, 3.8) is 0 Å². The van der Waals surface area contributed by atoms with Gasteiger partial charge in [-0.2, -0.15) is 4.58 Å². The van der Waals surface area contributed by atoms with Gasteiger partial charge in [0.2, 0.25) is 5.69 Å². The molecule has 0 unspecified atom stereocenters.